The fourth-order valence-corrected chi connectivity index (χ4v) is 3.63. The summed E-state index contributed by atoms with van der Waals surface area (Å²) >= 11 is 0. The van der Waals surface area contributed by atoms with Crippen molar-refractivity contribution in [2.75, 3.05) is 13.1 Å². The van der Waals surface area contributed by atoms with Gasteiger partial charge in [-0.15, -0.1) is 0 Å². The molecule has 0 fully saturated rings. The number of nitrogens with zero attached hydrogens (tertiary/aromatic N) is 5. The summed E-state index contributed by atoms with van der Waals surface area (Å²) in [6.45, 7) is 5.24. The van der Waals surface area contributed by atoms with Crippen molar-refractivity contribution in [1.29, 1.82) is 5.26 Å². The molecular formula is C24H39N5O5. The van der Waals surface area contributed by atoms with E-state index in [0.29, 0.717) is 25.9 Å². The lowest BCUT2D eigenvalue weighted by Gasteiger charge is -2.17. The first kappa shape index (κ1) is 29.1. The van der Waals surface area contributed by atoms with E-state index < -0.39 is 17.7 Å². The van der Waals surface area contributed by atoms with Gasteiger partial charge in [0.2, 0.25) is 6.08 Å². The molecule has 0 saturated heterocycles. The van der Waals surface area contributed by atoms with Gasteiger partial charge in [-0.25, -0.2) is 33.5 Å². The van der Waals surface area contributed by atoms with Gasteiger partial charge in [-0.3, -0.25) is 0 Å². The molecule has 1 rings (SSSR count). The Bertz CT molecular complexity index is 966. The average molecular weight is 478 g/mol. The first-order chi connectivity index (χ1) is 16.6. The van der Waals surface area contributed by atoms with Gasteiger partial charge in [-0.2, -0.15) is 5.26 Å². The fraction of sp³-hybridized carbons (Fsp3) is 0.792. The molecule has 1 aromatic rings. The Balaban J connectivity index is 3.13. The highest BCUT2D eigenvalue weighted by molar-refractivity contribution is 5.32. The summed E-state index contributed by atoms with van der Waals surface area (Å²) in [4.78, 5) is 43.9. The Hall–Kier alpha value is -2.92. The van der Waals surface area contributed by atoms with Crippen LogP contribution in [0.3, 0.4) is 0 Å². The summed E-state index contributed by atoms with van der Waals surface area (Å²) in [5.74, 6) is -0.763. The lowest BCUT2D eigenvalue weighted by molar-refractivity contribution is 0.0587. The summed E-state index contributed by atoms with van der Waals surface area (Å²) in [5.41, 5.74) is -0.673. The van der Waals surface area contributed by atoms with Crippen LogP contribution in [0.5, 0.6) is 0 Å². The van der Waals surface area contributed by atoms with Crippen LogP contribution >= 0.6 is 0 Å². The highest BCUT2D eigenvalue weighted by Crippen LogP contribution is 2.14. The largest absolute Gasteiger partial charge is 0.425 e. The molecule has 0 aliphatic carbocycles. The lowest BCUT2D eigenvalue weighted by Crippen LogP contribution is -2.49. The van der Waals surface area contributed by atoms with Crippen molar-refractivity contribution in [2.24, 2.45) is 9.98 Å². The summed E-state index contributed by atoms with van der Waals surface area (Å²) in [5, 5.41) is 9.17. The van der Waals surface area contributed by atoms with E-state index in [2.05, 4.69) is 23.8 Å². The summed E-state index contributed by atoms with van der Waals surface area (Å²) in [6, 6.07) is 0. The van der Waals surface area contributed by atoms with Gasteiger partial charge in [-0.1, -0.05) is 65.2 Å². The number of ether oxygens (including phenoxy) is 1. The first-order valence-electron chi connectivity index (χ1n) is 12.6. The number of aromatic nitrogens is 2. The predicted molar refractivity (Wildman–Crippen MR) is 128 cm³/mol. The maximum atomic E-state index is 13.3. The maximum Gasteiger partial charge on any atom is 0.425 e. The number of unbranched alkanes of at least 4 members (excludes halogenated alkanes) is 9. The molecule has 34 heavy (non-hydrogen) atoms. The standard InChI is InChI=1S/C24H39N5O5/c1-3-5-7-8-13-17-27-22-29(21(33-19-25)15-11-6-4-2)23(31)28(24(32)34-22)18-14-10-9-12-16-26-20-30/h21H,3-18H2,1-2H3. The molecule has 0 radical (unpaired) electrons. The van der Waals surface area contributed by atoms with E-state index in [1.54, 1.807) is 6.26 Å². The van der Waals surface area contributed by atoms with Gasteiger partial charge in [0.1, 0.15) is 0 Å². The smallest absolute Gasteiger partial charge is 0.401 e. The molecule has 0 aliphatic rings. The summed E-state index contributed by atoms with van der Waals surface area (Å²) in [6.07, 6.45) is 13.5. The molecule has 10 nitrogen and oxygen atoms in total. The van der Waals surface area contributed by atoms with Crippen LogP contribution in [0.25, 0.3) is 0 Å². The molecule has 1 aromatic heterocycles. The molecular weight excluding hydrogens is 438 g/mol. The van der Waals surface area contributed by atoms with Crippen LogP contribution in [-0.4, -0.2) is 28.3 Å². The minimum Gasteiger partial charge on any atom is -0.401 e. The average Bonchev–Trinajstić information content (AvgIpc) is 2.82. The zero-order valence-electron chi connectivity index (χ0n) is 20.7. The Morgan fingerprint density at radius 2 is 1.59 bits per heavy atom. The van der Waals surface area contributed by atoms with Crippen LogP contribution < -0.4 is 17.1 Å². The van der Waals surface area contributed by atoms with Gasteiger partial charge in [0.05, 0.1) is 6.54 Å². The zero-order chi connectivity index (χ0) is 25.0. The topological polar surface area (TPSA) is 132 Å². The third kappa shape index (κ3) is 10.8. The van der Waals surface area contributed by atoms with Crippen molar-refractivity contribution in [3.05, 3.63) is 26.7 Å². The van der Waals surface area contributed by atoms with Crippen LogP contribution in [0, 0.1) is 11.5 Å². The van der Waals surface area contributed by atoms with Crippen LogP contribution in [-0.2, 0) is 16.1 Å². The molecule has 190 valence electrons. The van der Waals surface area contributed by atoms with E-state index in [4.69, 9.17) is 14.4 Å². The summed E-state index contributed by atoms with van der Waals surface area (Å²) < 4.78 is 12.9. The van der Waals surface area contributed by atoms with E-state index in [9.17, 15) is 14.4 Å². The van der Waals surface area contributed by atoms with E-state index in [-0.39, 0.29) is 12.2 Å². The number of hydrogen-bond acceptors (Lipinski definition) is 8. The van der Waals surface area contributed by atoms with Gasteiger partial charge >= 0.3 is 17.1 Å². The fourth-order valence-electron chi connectivity index (χ4n) is 3.63. The minimum atomic E-state index is -0.875. The quantitative estimate of drug-likeness (QED) is 0.128. The predicted octanol–water partition coefficient (Wildman–Crippen LogP) is 3.95. The first-order valence-corrected chi connectivity index (χ1v) is 12.6. The number of isocyanates is 1. The number of rotatable bonds is 19. The SMILES string of the molecule is CCCCCCCN=c1oc(=O)n(CCCCCCN=C=O)c(=O)n1C(CCCCC)OC#N. The molecule has 0 bridgehead atoms. The Morgan fingerprint density at radius 1 is 0.941 bits per heavy atom. The Kier molecular flexibility index (Phi) is 15.8. The maximum absolute atomic E-state index is 13.3. The molecule has 0 aliphatic heterocycles. The van der Waals surface area contributed by atoms with Crippen molar-refractivity contribution in [2.45, 2.75) is 110 Å². The molecule has 1 heterocycles. The van der Waals surface area contributed by atoms with Gasteiger partial charge < -0.3 is 9.15 Å². The summed E-state index contributed by atoms with van der Waals surface area (Å²) in [7, 11) is 0. The molecule has 0 N–H and O–H groups in total. The van der Waals surface area contributed by atoms with Crippen LogP contribution in [0.15, 0.2) is 24.0 Å². The third-order valence-electron chi connectivity index (χ3n) is 5.55. The number of nitriles is 1. The Labute approximate surface area is 201 Å². The molecule has 1 atom stereocenters. The van der Waals surface area contributed by atoms with E-state index >= 15 is 0 Å². The van der Waals surface area contributed by atoms with Gasteiger partial charge in [0, 0.05) is 19.5 Å². The molecule has 0 saturated carbocycles. The number of carbonyl (C=O) groups excluding carboxylic acids is 1. The highest BCUT2D eigenvalue weighted by atomic mass is 16.5. The van der Waals surface area contributed by atoms with Crippen molar-refractivity contribution in [3.63, 3.8) is 0 Å². The Morgan fingerprint density at radius 3 is 2.26 bits per heavy atom. The third-order valence-corrected chi connectivity index (χ3v) is 5.55. The van der Waals surface area contributed by atoms with Crippen molar-refractivity contribution >= 4 is 6.08 Å². The molecule has 1 unspecified atom stereocenters. The number of aliphatic imine (C=N–C) groups is 1. The van der Waals surface area contributed by atoms with Crippen LogP contribution in [0.4, 0.5) is 0 Å². The van der Waals surface area contributed by atoms with Crippen molar-refractivity contribution < 1.29 is 13.9 Å². The van der Waals surface area contributed by atoms with Crippen LogP contribution in [0.2, 0.25) is 0 Å². The molecule has 0 amide bonds. The minimum absolute atomic E-state index is 0.0924. The second-order valence-electron chi connectivity index (χ2n) is 8.30. The molecule has 10 heteroatoms. The monoisotopic (exact) mass is 477 g/mol. The van der Waals surface area contributed by atoms with Gasteiger partial charge in [-0.05, 0) is 25.7 Å². The second-order valence-corrected chi connectivity index (χ2v) is 8.30. The number of hydrogen-bond donors (Lipinski definition) is 0. The van der Waals surface area contributed by atoms with Crippen LogP contribution in [0.1, 0.15) is 104 Å². The molecule has 0 aromatic carbocycles. The highest BCUT2D eigenvalue weighted by Gasteiger charge is 2.20. The second kappa shape index (κ2) is 18.5. The normalized spacial score (nSPS) is 12.2. The van der Waals surface area contributed by atoms with E-state index in [1.807, 2.05) is 0 Å². The van der Waals surface area contributed by atoms with Gasteiger partial charge in [0.15, 0.2) is 6.23 Å². The van der Waals surface area contributed by atoms with E-state index in [0.717, 1.165) is 75.2 Å². The van der Waals surface area contributed by atoms with E-state index in [1.165, 1.54) is 10.6 Å². The zero-order valence-corrected chi connectivity index (χ0v) is 20.7. The molecule has 0 spiro atoms. The van der Waals surface area contributed by atoms with Gasteiger partial charge in [0.25, 0.3) is 6.26 Å². The van der Waals surface area contributed by atoms with Crippen molar-refractivity contribution in [3.8, 4) is 6.26 Å². The van der Waals surface area contributed by atoms with Crippen molar-refractivity contribution in [1.82, 2.24) is 9.13 Å². The lowest BCUT2D eigenvalue weighted by atomic mass is 10.2.